The summed E-state index contributed by atoms with van der Waals surface area (Å²) in [7, 11) is 1.64. The summed E-state index contributed by atoms with van der Waals surface area (Å²) in [6.45, 7) is 3.94. The van der Waals surface area contributed by atoms with Crippen LogP contribution in [-0.2, 0) is 4.74 Å². The van der Waals surface area contributed by atoms with Gasteiger partial charge in [0, 0.05) is 4.47 Å². The number of halogens is 1. The summed E-state index contributed by atoms with van der Waals surface area (Å²) in [5, 5.41) is 0. The number of methoxy groups -OCH3 is 1. The molecule has 0 fully saturated rings. The molecule has 0 saturated heterocycles. The van der Waals surface area contributed by atoms with Crippen molar-refractivity contribution in [2.45, 2.75) is 6.92 Å². The predicted octanol–water partition coefficient (Wildman–Crippen LogP) is 4.97. The first-order valence-electron chi connectivity index (χ1n) is 8.12. The highest BCUT2D eigenvalue weighted by Crippen LogP contribution is 2.28. The van der Waals surface area contributed by atoms with Crippen LogP contribution in [0.3, 0.4) is 0 Å². The van der Waals surface area contributed by atoms with E-state index in [0.717, 1.165) is 15.8 Å². The number of benzene rings is 2. The average molecular weight is 407 g/mol. The van der Waals surface area contributed by atoms with Gasteiger partial charge in [-0.1, -0.05) is 34.1 Å². The van der Waals surface area contributed by atoms with Gasteiger partial charge in [-0.25, -0.2) is 0 Å². The number of hydrogen-bond acceptors (Lipinski definition) is 4. The quantitative estimate of drug-likeness (QED) is 0.522. The molecule has 25 heavy (non-hydrogen) atoms. The number of allylic oxidation sites excluding steroid dienone is 1. The topological polar surface area (TPSA) is 36.9 Å². The maximum absolute atomic E-state index is 5.72. The fourth-order valence-electron chi connectivity index (χ4n) is 2.16. The van der Waals surface area contributed by atoms with E-state index in [-0.39, 0.29) is 0 Å². The Kier molecular flexibility index (Phi) is 8.35. The van der Waals surface area contributed by atoms with Crippen LogP contribution in [0.4, 0.5) is 0 Å². The molecule has 0 aliphatic rings. The van der Waals surface area contributed by atoms with Crippen molar-refractivity contribution in [1.82, 2.24) is 0 Å². The van der Waals surface area contributed by atoms with Crippen LogP contribution in [-0.4, -0.2) is 33.5 Å². The molecule has 2 rings (SSSR count). The van der Waals surface area contributed by atoms with E-state index in [1.165, 1.54) is 0 Å². The Bertz CT molecular complexity index is 668. The Hall–Kier alpha value is -1.98. The summed E-state index contributed by atoms with van der Waals surface area (Å²) in [4.78, 5) is 0. The SMILES string of the molecule is CC=Cc1ccc(OCCOCCOc2ccc(Br)cc2)c(OC)c1. The predicted molar refractivity (Wildman–Crippen MR) is 104 cm³/mol. The van der Waals surface area contributed by atoms with Crippen LogP contribution >= 0.6 is 15.9 Å². The smallest absolute Gasteiger partial charge is 0.161 e. The van der Waals surface area contributed by atoms with Crippen LogP contribution in [0.15, 0.2) is 53.0 Å². The molecule has 2 aromatic rings. The van der Waals surface area contributed by atoms with Crippen molar-refractivity contribution >= 4 is 22.0 Å². The summed E-state index contributed by atoms with van der Waals surface area (Å²) in [5.74, 6) is 2.26. The van der Waals surface area contributed by atoms with Gasteiger partial charge >= 0.3 is 0 Å². The molecule has 0 radical (unpaired) electrons. The van der Waals surface area contributed by atoms with Gasteiger partial charge in [-0.15, -0.1) is 0 Å². The van der Waals surface area contributed by atoms with Crippen molar-refractivity contribution in [1.29, 1.82) is 0 Å². The molecule has 5 heteroatoms. The zero-order chi connectivity index (χ0) is 17.9. The minimum atomic E-state index is 0.456. The monoisotopic (exact) mass is 406 g/mol. The lowest BCUT2D eigenvalue weighted by Gasteiger charge is -2.12. The Balaban J connectivity index is 1.65. The molecule has 0 aliphatic carbocycles. The summed E-state index contributed by atoms with van der Waals surface area (Å²) >= 11 is 3.39. The van der Waals surface area contributed by atoms with Crippen molar-refractivity contribution in [3.63, 3.8) is 0 Å². The average Bonchev–Trinajstić information content (AvgIpc) is 2.63. The minimum absolute atomic E-state index is 0.456. The minimum Gasteiger partial charge on any atom is -0.493 e. The number of ether oxygens (including phenoxy) is 4. The molecule has 0 saturated carbocycles. The second-order valence-corrected chi connectivity index (χ2v) is 6.09. The second-order valence-electron chi connectivity index (χ2n) is 5.17. The van der Waals surface area contributed by atoms with Crippen molar-refractivity contribution in [3.05, 3.63) is 58.6 Å². The molecular weight excluding hydrogens is 384 g/mol. The molecule has 0 bridgehead atoms. The molecular formula is C20H23BrO4. The molecule has 0 N–H and O–H groups in total. The van der Waals surface area contributed by atoms with Gasteiger partial charge in [0.2, 0.25) is 0 Å². The highest BCUT2D eigenvalue weighted by atomic mass is 79.9. The third kappa shape index (κ3) is 6.80. The van der Waals surface area contributed by atoms with Crippen molar-refractivity contribution < 1.29 is 18.9 Å². The van der Waals surface area contributed by atoms with Crippen LogP contribution < -0.4 is 14.2 Å². The fraction of sp³-hybridized carbons (Fsp3) is 0.300. The molecule has 0 atom stereocenters. The Morgan fingerprint density at radius 2 is 1.60 bits per heavy atom. The maximum atomic E-state index is 5.72. The number of hydrogen-bond donors (Lipinski definition) is 0. The van der Waals surface area contributed by atoms with E-state index in [0.29, 0.717) is 37.9 Å². The highest BCUT2D eigenvalue weighted by Gasteiger charge is 2.04. The Labute approximate surface area is 157 Å². The first-order valence-corrected chi connectivity index (χ1v) is 8.92. The van der Waals surface area contributed by atoms with E-state index in [4.69, 9.17) is 18.9 Å². The van der Waals surface area contributed by atoms with Gasteiger partial charge in [0.1, 0.15) is 19.0 Å². The Morgan fingerprint density at radius 1 is 0.880 bits per heavy atom. The third-order valence-electron chi connectivity index (χ3n) is 3.34. The second kappa shape index (κ2) is 10.8. The fourth-order valence-corrected chi connectivity index (χ4v) is 2.43. The Morgan fingerprint density at radius 3 is 2.28 bits per heavy atom. The third-order valence-corrected chi connectivity index (χ3v) is 3.87. The lowest BCUT2D eigenvalue weighted by molar-refractivity contribution is 0.0757. The van der Waals surface area contributed by atoms with Gasteiger partial charge in [-0.3, -0.25) is 0 Å². The summed E-state index contributed by atoms with van der Waals surface area (Å²) in [6, 6.07) is 13.6. The molecule has 0 spiro atoms. The molecule has 4 nitrogen and oxygen atoms in total. The molecule has 134 valence electrons. The standard InChI is InChI=1S/C20H23BrO4/c1-3-4-16-5-10-19(20(15-16)22-2)25-14-12-23-11-13-24-18-8-6-17(21)7-9-18/h3-10,15H,11-14H2,1-2H3. The largest absolute Gasteiger partial charge is 0.493 e. The van der Waals surface area contributed by atoms with Gasteiger partial charge in [0.15, 0.2) is 11.5 Å². The molecule has 0 heterocycles. The van der Waals surface area contributed by atoms with Gasteiger partial charge in [-0.05, 0) is 48.9 Å². The lowest BCUT2D eigenvalue weighted by Crippen LogP contribution is -2.12. The summed E-state index contributed by atoms with van der Waals surface area (Å²) in [6.07, 6.45) is 4.00. The van der Waals surface area contributed by atoms with Crippen LogP contribution in [0.2, 0.25) is 0 Å². The van der Waals surface area contributed by atoms with Crippen LogP contribution in [0.1, 0.15) is 12.5 Å². The van der Waals surface area contributed by atoms with Crippen molar-refractivity contribution in [2.75, 3.05) is 33.5 Å². The van der Waals surface area contributed by atoms with Gasteiger partial charge in [-0.2, -0.15) is 0 Å². The molecule has 0 aliphatic heterocycles. The number of rotatable bonds is 10. The molecule has 0 unspecified atom stereocenters. The summed E-state index contributed by atoms with van der Waals surface area (Å²) in [5.41, 5.74) is 1.08. The zero-order valence-electron chi connectivity index (χ0n) is 14.5. The van der Waals surface area contributed by atoms with E-state index in [1.807, 2.05) is 61.5 Å². The van der Waals surface area contributed by atoms with E-state index >= 15 is 0 Å². The highest BCUT2D eigenvalue weighted by molar-refractivity contribution is 9.10. The maximum Gasteiger partial charge on any atom is 0.161 e. The van der Waals surface area contributed by atoms with Crippen molar-refractivity contribution in [3.8, 4) is 17.2 Å². The zero-order valence-corrected chi connectivity index (χ0v) is 16.1. The molecule has 2 aromatic carbocycles. The summed E-state index contributed by atoms with van der Waals surface area (Å²) < 4.78 is 23.2. The van der Waals surface area contributed by atoms with E-state index < -0.39 is 0 Å². The van der Waals surface area contributed by atoms with E-state index in [2.05, 4.69) is 15.9 Å². The van der Waals surface area contributed by atoms with Gasteiger partial charge in [0.05, 0.1) is 20.3 Å². The van der Waals surface area contributed by atoms with Gasteiger partial charge < -0.3 is 18.9 Å². The normalized spacial score (nSPS) is 10.8. The van der Waals surface area contributed by atoms with Crippen molar-refractivity contribution in [2.24, 2.45) is 0 Å². The van der Waals surface area contributed by atoms with E-state index in [9.17, 15) is 0 Å². The lowest BCUT2D eigenvalue weighted by atomic mass is 10.2. The van der Waals surface area contributed by atoms with Crippen LogP contribution in [0, 0.1) is 0 Å². The van der Waals surface area contributed by atoms with Crippen LogP contribution in [0.25, 0.3) is 6.08 Å². The van der Waals surface area contributed by atoms with Gasteiger partial charge in [0.25, 0.3) is 0 Å². The molecule has 0 aromatic heterocycles. The molecule has 0 amide bonds. The first kappa shape index (κ1) is 19.3. The van der Waals surface area contributed by atoms with E-state index in [1.54, 1.807) is 7.11 Å². The van der Waals surface area contributed by atoms with Crippen LogP contribution in [0.5, 0.6) is 17.2 Å². The first-order chi connectivity index (χ1) is 12.2.